The number of alkyl carbamates (subject to hydrolysis) is 1. The second-order valence-electron chi connectivity index (χ2n) is 13.7. The fraction of sp³-hybridized carbons (Fsp3) is 0.528. The molecule has 3 aliphatic rings. The number of halogens is 2. The van der Waals surface area contributed by atoms with E-state index in [4.69, 9.17) is 27.9 Å². The molecule has 1 aliphatic heterocycles. The van der Waals surface area contributed by atoms with Gasteiger partial charge in [-0.15, -0.1) is 0 Å². The van der Waals surface area contributed by atoms with Gasteiger partial charge in [-0.3, -0.25) is 19.2 Å². The zero-order chi connectivity index (χ0) is 34.4. The van der Waals surface area contributed by atoms with E-state index in [9.17, 15) is 24.0 Å². The highest BCUT2D eigenvalue weighted by Crippen LogP contribution is 2.52. The Balaban J connectivity index is 1.38. The molecule has 0 bridgehead atoms. The van der Waals surface area contributed by atoms with Crippen LogP contribution in [0.4, 0.5) is 4.79 Å². The van der Waals surface area contributed by atoms with E-state index in [1.807, 2.05) is 44.2 Å². The van der Waals surface area contributed by atoms with Crippen molar-refractivity contribution in [1.29, 1.82) is 0 Å². The molecule has 12 heteroatoms. The van der Waals surface area contributed by atoms with E-state index in [0.717, 1.165) is 44.1 Å². The number of rotatable bonds is 14. The molecule has 0 spiro atoms. The zero-order valence-corrected chi connectivity index (χ0v) is 28.9. The third-order valence-corrected chi connectivity index (χ3v) is 10.0. The number of Topliss-reactive ketones (excluding diaryl/α,β-unsaturated/α-hetero) is 1. The van der Waals surface area contributed by atoms with Crippen molar-refractivity contribution in [1.82, 2.24) is 21.3 Å². The monoisotopic (exact) mass is 698 g/mol. The molecule has 2 aliphatic carbocycles. The van der Waals surface area contributed by atoms with Gasteiger partial charge in [0.25, 0.3) is 5.91 Å². The van der Waals surface area contributed by atoms with Crippen LogP contribution < -0.4 is 21.3 Å². The Morgan fingerprint density at radius 1 is 0.938 bits per heavy atom. The van der Waals surface area contributed by atoms with Gasteiger partial charge in [0.05, 0.1) is 6.04 Å². The largest absolute Gasteiger partial charge is 0.440 e. The summed E-state index contributed by atoms with van der Waals surface area (Å²) in [5, 5.41) is 12.0. The van der Waals surface area contributed by atoms with Crippen molar-refractivity contribution >= 4 is 52.8 Å². The molecule has 0 radical (unpaired) electrons. The van der Waals surface area contributed by atoms with Crippen LogP contribution in [-0.2, 0) is 29.3 Å². The van der Waals surface area contributed by atoms with Crippen LogP contribution >= 0.6 is 23.2 Å². The summed E-state index contributed by atoms with van der Waals surface area (Å²) < 4.78 is 6.28. The molecule has 2 aromatic rings. The number of hydrogen-bond acceptors (Lipinski definition) is 6. The zero-order valence-electron chi connectivity index (χ0n) is 27.4. The first-order chi connectivity index (χ1) is 22.9. The minimum atomic E-state index is -1.23. The quantitative estimate of drug-likeness (QED) is 0.191. The maximum absolute atomic E-state index is 13.8. The van der Waals surface area contributed by atoms with Gasteiger partial charge in [-0.1, -0.05) is 74.2 Å². The van der Waals surface area contributed by atoms with Gasteiger partial charge in [0.1, 0.15) is 12.1 Å². The predicted octanol–water partition coefficient (Wildman–Crippen LogP) is 5.55. The van der Waals surface area contributed by atoms with Crippen LogP contribution in [0.25, 0.3) is 0 Å². The lowest BCUT2D eigenvalue weighted by molar-refractivity contribution is -0.141. The molecule has 4 N–H and O–H groups in total. The summed E-state index contributed by atoms with van der Waals surface area (Å²) in [7, 11) is 0. The predicted molar refractivity (Wildman–Crippen MR) is 182 cm³/mol. The number of carbonyl (C=O) groups excluding carboxylic acids is 5. The van der Waals surface area contributed by atoms with Gasteiger partial charge in [0.15, 0.2) is 0 Å². The lowest BCUT2D eigenvalue weighted by Gasteiger charge is -2.38. The first-order valence-corrected chi connectivity index (χ1v) is 17.6. The van der Waals surface area contributed by atoms with Crippen molar-refractivity contribution in [3.63, 3.8) is 0 Å². The van der Waals surface area contributed by atoms with Crippen LogP contribution in [0.1, 0.15) is 88.9 Å². The molecule has 10 nitrogen and oxygen atoms in total. The van der Waals surface area contributed by atoms with Crippen LogP contribution in [0.3, 0.4) is 0 Å². The van der Waals surface area contributed by atoms with Gasteiger partial charge >= 0.3 is 6.09 Å². The maximum Gasteiger partial charge on any atom is 0.408 e. The molecule has 0 aromatic heterocycles. The third-order valence-electron chi connectivity index (χ3n) is 9.54. The van der Waals surface area contributed by atoms with Crippen molar-refractivity contribution in [2.45, 2.75) is 101 Å². The normalized spacial score (nSPS) is 20.4. The topological polar surface area (TPSA) is 143 Å². The Labute approximate surface area is 291 Å². The molecule has 2 aromatic carbocycles. The van der Waals surface area contributed by atoms with Crippen LogP contribution in [-0.4, -0.2) is 54.3 Å². The van der Waals surface area contributed by atoms with E-state index in [2.05, 4.69) is 21.3 Å². The summed E-state index contributed by atoms with van der Waals surface area (Å²) in [6.07, 6.45) is 4.07. The molecular weight excluding hydrogens is 655 g/mol. The van der Waals surface area contributed by atoms with E-state index in [1.54, 1.807) is 18.2 Å². The standard InChI is InChI=1S/C36H44Cl2N4O6/c1-21(2)17-29(33(45)41-28(19-23-13-16-39-32(23)44)30(43)34(46)40-27-11-12-27)42-35(47)48-31(22-7-5-9-25(37)18-22)36(14-3-4-15-36)24-8-6-10-26(38)20-24/h5-10,18,20-21,23,27-29,31H,3-4,11-17,19H2,1-2H3,(H,39,44)(H,40,46)(H,41,45)(H,42,47). The molecule has 5 rings (SSSR count). The second kappa shape index (κ2) is 15.7. The first kappa shape index (κ1) is 35.7. The van der Waals surface area contributed by atoms with Crippen molar-refractivity contribution in [2.75, 3.05) is 6.54 Å². The van der Waals surface area contributed by atoms with Gasteiger partial charge in [0.2, 0.25) is 17.6 Å². The highest BCUT2D eigenvalue weighted by Gasteiger charge is 2.46. The number of amides is 4. The summed E-state index contributed by atoms with van der Waals surface area (Å²) in [6.45, 7) is 4.27. The average Bonchev–Trinajstić information content (AvgIpc) is 3.54. The number of benzene rings is 2. The Morgan fingerprint density at radius 2 is 1.62 bits per heavy atom. The van der Waals surface area contributed by atoms with Gasteiger partial charge in [-0.25, -0.2) is 4.79 Å². The Hall–Kier alpha value is -3.63. The summed E-state index contributed by atoms with van der Waals surface area (Å²) >= 11 is 12.9. The summed E-state index contributed by atoms with van der Waals surface area (Å²) in [5.41, 5.74) is 1.08. The van der Waals surface area contributed by atoms with Crippen molar-refractivity contribution < 1.29 is 28.7 Å². The maximum atomic E-state index is 13.8. The molecule has 1 heterocycles. The van der Waals surface area contributed by atoms with Crippen LogP contribution in [0.5, 0.6) is 0 Å². The number of ether oxygens (including phenoxy) is 1. The van der Waals surface area contributed by atoms with E-state index in [-0.39, 0.29) is 30.7 Å². The van der Waals surface area contributed by atoms with E-state index >= 15 is 0 Å². The van der Waals surface area contributed by atoms with Crippen molar-refractivity contribution in [3.8, 4) is 0 Å². The Morgan fingerprint density at radius 3 is 2.23 bits per heavy atom. The van der Waals surface area contributed by atoms with Gasteiger partial charge in [-0.05, 0) is 86.3 Å². The fourth-order valence-electron chi connectivity index (χ4n) is 6.96. The molecule has 4 unspecified atom stereocenters. The van der Waals surface area contributed by atoms with Gasteiger partial charge in [0, 0.05) is 34.0 Å². The smallest absolute Gasteiger partial charge is 0.408 e. The van der Waals surface area contributed by atoms with Crippen LogP contribution in [0.2, 0.25) is 10.0 Å². The molecule has 1 saturated heterocycles. The van der Waals surface area contributed by atoms with E-state index in [0.29, 0.717) is 28.6 Å². The van der Waals surface area contributed by atoms with Crippen LogP contribution in [0.15, 0.2) is 48.5 Å². The molecule has 2 saturated carbocycles. The summed E-state index contributed by atoms with van der Waals surface area (Å²) in [4.78, 5) is 66.1. The van der Waals surface area contributed by atoms with Gasteiger partial charge < -0.3 is 26.0 Å². The Kier molecular flexibility index (Phi) is 11.7. The average molecular weight is 700 g/mol. The van der Waals surface area contributed by atoms with E-state index in [1.165, 1.54) is 0 Å². The fourth-order valence-corrected chi connectivity index (χ4v) is 7.35. The number of hydrogen-bond donors (Lipinski definition) is 4. The minimum Gasteiger partial charge on any atom is -0.440 e. The lowest BCUT2D eigenvalue weighted by Crippen LogP contribution is -2.55. The van der Waals surface area contributed by atoms with Gasteiger partial charge in [-0.2, -0.15) is 0 Å². The highest BCUT2D eigenvalue weighted by atomic mass is 35.5. The third kappa shape index (κ3) is 8.88. The van der Waals surface area contributed by atoms with Crippen LogP contribution in [0, 0.1) is 11.8 Å². The molecule has 4 amide bonds. The van der Waals surface area contributed by atoms with E-state index < -0.39 is 53.2 Å². The summed E-state index contributed by atoms with van der Waals surface area (Å²) in [5.74, 6) is -3.01. The number of ketones is 1. The Bertz CT molecular complexity index is 1520. The molecule has 4 atom stereocenters. The second-order valence-corrected chi connectivity index (χ2v) is 14.6. The first-order valence-electron chi connectivity index (χ1n) is 16.9. The summed E-state index contributed by atoms with van der Waals surface area (Å²) in [6, 6.07) is 12.4. The molecular formula is C36H44Cl2N4O6. The number of nitrogens with one attached hydrogen (secondary N) is 4. The number of carbonyl (C=O) groups is 5. The highest BCUT2D eigenvalue weighted by molar-refractivity contribution is 6.38. The van der Waals surface area contributed by atoms with Crippen molar-refractivity contribution in [3.05, 3.63) is 69.7 Å². The lowest BCUT2D eigenvalue weighted by atomic mass is 9.72. The molecule has 48 heavy (non-hydrogen) atoms. The minimum absolute atomic E-state index is 0.0215. The molecule has 3 fully saturated rings. The SMILES string of the molecule is CC(C)CC(NC(=O)OC(c1cccc(Cl)c1)C1(c2cccc(Cl)c2)CCCC1)C(=O)NC(CC1CCNC1=O)C(=O)C(=O)NC1CC1. The van der Waals surface area contributed by atoms with Crippen molar-refractivity contribution in [2.24, 2.45) is 11.8 Å². The molecule has 258 valence electrons.